The Hall–Kier alpha value is 2.08. The van der Waals surface area contributed by atoms with E-state index in [9.17, 15) is 0 Å². The van der Waals surface area contributed by atoms with Crippen LogP contribution in [0.5, 0.6) is 0 Å². The Balaban J connectivity index is -0.000000192. The second-order valence-electron chi connectivity index (χ2n) is 24.1. The topological polar surface area (TPSA) is 6.48 Å². The summed E-state index contributed by atoms with van der Waals surface area (Å²) >= 11 is 24.1. The van der Waals surface area contributed by atoms with E-state index in [1.165, 1.54) is 147 Å². The molecular formula is C58H128Cl8N6. The van der Waals surface area contributed by atoms with Crippen molar-refractivity contribution >= 4 is 46.4 Å². The van der Waals surface area contributed by atoms with Crippen molar-refractivity contribution in [3.05, 3.63) is 0 Å². The van der Waals surface area contributed by atoms with E-state index in [0.717, 1.165) is 88.6 Å². The van der Waals surface area contributed by atoms with Crippen molar-refractivity contribution in [1.29, 1.82) is 0 Å². The van der Waals surface area contributed by atoms with Crippen LogP contribution in [0.3, 0.4) is 0 Å². The van der Waals surface area contributed by atoms with E-state index in [2.05, 4.69) is 150 Å². The van der Waals surface area contributed by atoms with Crippen LogP contribution in [0.2, 0.25) is 0 Å². The molecule has 1 saturated heterocycles. The minimum Gasteiger partial charge on any atom is -1.00 e. The number of nitrogens with zero attached hydrogens (tertiary/aromatic N) is 6. The summed E-state index contributed by atoms with van der Waals surface area (Å²) in [4.78, 5) is 4.36. The summed E-state index contributed by atoms with van der Waals surface area (Å²) in [5, 5.41) is 1.46. The molecule has 0 aromatic heterocycles. The minimum atomic E-state index is 0. The quantitative estimate of drug-likeness (QED) is 0.114. The average Bonchev–Trinajstić information content (AvgIpc) is 3.26. The average molecular weight is 1190 g/mol. The zero-order valence-electron chi connectivity index (χ0n) is 51.5. The van der Waals surface area contributed by atoms with Crippen molar-refractivity contribution in [3.8, 4) is 0 Å². The summed E-state index contributed by atoms with van der Waals surface area (Å²) in [5.41, 5.74) is 0. The Morgan fingerprint density at radius 1 is 0.375 bits per heavy atom. The lowest BCUT2D eigenvalue weighted by molar-refractivity contribution is -0.971. The lowest BCUT2D eigenvalue weighted by Crippen LogP contribution is -3.00. The fraction of sp³-hybridized carbons (Fsp3) is 1.00. The first kappa shape index (κ1) is 87.9. The number of hydrogen-bond donors (Lipinski definition) is 0. The zero-order valence-corrected chi connectivity index (χ0v) is 57.6. The Morgan fingerprint density at radius 3 is 0.847 bits per heavy atom. The predicted octanol–water partition coefficient (Wildman–Crippen LogP) is 3.83. The lowest BCUT2D eigenvalue weighted by Gasteiger charge is -2.45. The minimum absolute atomic E-state index is 0. The number of hydrogen-bond acceptors (Lipinski definition) is 2. The van der Waals surface area contributed by atoms with E-state index in [0.29, 0.717) is 21.5 Å². The summed E-state index contributed by atoms with van der Waals surface area (Å²) < 4.78 is 4.78. The van der Waals surface area contributed by atoms with Crippen LogP contribution in [-0.4, -0.2) is 197 Å². The maximum absolute atomic E-state index is 6.06. The summed E-state index contributed by atoms with van der Waals surface area (Å²) in [6.07, 6.45) is 29.9. The molecule has 0 aromatic carbocycles. The summed E-state index contributed by atoms with van der Waals surface area (Å²) in [6.45, 7) is 25.7. The molecule has 1 heterocycles. The van der Waals surface area contributed by atoms with Gasteiger partial charge in [0, 0.05) is 34.6 Å². The third kappa shape index (κ3) is 45.9. The molecular weight excluding hydrogens is 1060 g/mol. The van der Waals surface area contributed by atoms with E-state index in [1.54, 1.807) is 0 Å². The van der Waals surface area contributed by atoms with E-state index in [-0.39, 0.29) is 49.6 Å². The summed E-state index contributed by atoms with van der Waals surface area (Å²) in [7, 11) is 28.6. The van der Waals surface area contributed by atoms with Crippen molar-refractivity contribution in [3.63, 3.8) is 0 Å². The van der Waals surface area contributed by atoms with Crippen LogP contribution in [0.4, 0.5) is 0 Å². The Morgan fingerprint density at radius 2 is 0.625 bits per heavy atom. The highest BCUT2D eigenvalue weighted by atomic mass is 35.5. The molecule has 0 aromatic rings. The van der Waals surface area contributed by atoms with Crippen LogP contribution in [0.15, 0.2) is 0 Å². The van der Waals surface area contributed by atoms with Gasteiger partial charge in [0.25, 0.3) is 0 Å². The lowest BCUT2D eigenvalue weighted by atomic mass is 9.95. The molecule has 0 spiro atoms. The molecule has 6 nitrogen and oxygen atoms in total. The van der Waals surface area contributed by atoms with Gasteiger partial charge in [0.2, 0.25) is 0 Å². The van der Waals surface area contributed by atoms with Gasteiger partial charge in [-0.25, -0.2) is 0 Å². The van der Waals surface area contributed by atoms with Gasteiger partial charge in [-0.3, -0.25) is 0 Å². The van der Waals surface area contributed by atoms with Crippen LogP contribution >= 0.6 is 46.4 Å². The van der Waals surface area contributed by atoms with Gasteiger partial charge in [-0.2, -0.15) is 0 Å². The number of halogens is 8. The van der Waals surface area contributed by atoms with Gasteiger partial charge in [-0.15, -0.1) is 46.4 Å². The molecule has 0 N–H and O–H groups in total. The third-order valence-electron chi connectivity index (χ3n) is 15.9. The van der Waals surface area contributed by atoms with Gasteiger partial charge in [0.1, 0.15) is 26.2 Å². The largest absolute Gasteiger partial charge is 1.00 e. The van der Waals surface area contributed by atoms with Gasteiger partial charge in [-0.05, 0) is 144 Å². The molecule has 446 valence electrons. The maximum atomic E-state index is 6.06. The van der Waals surface area contributed by atoms with Crippen molar-refractivity contribution < 1.29 is 67.6 Å². The first-order valence-corrected chi connectivity index (χ1v) is 30.6. The molecule has 1 rings (SSSR count). The Kier molecular flexibility index (Phi) is 62.6. The SMILES string of the molecule is CCCC(Cl)CCCC(Cl)CC.CCCC(Cl)CCCC(Cl)CC.CCCC1CCCC(CC)[N+](C)(C)CC[N+](C)(C)C(CC)CCCC(CCC)[N+](C)(C)CC[N+]1(C)C.CN(C)CCN(C)C.[Cl-].[Cl-].[Cl-].[Cl-]. The van der Waals surface area contributed by atoms with Gasteiger partial charge in [-0.1, -0.05) is 93.9 Å². The smallest absolute Gasteiger partial charge is 0.128 e. The van der Waals surface area contributed by atoms with Crippen molar-refractivity contribution in [1.82, 2.24) is 9.80 Å². The third-order valence-corrected chi connectivity index (χ3v) is 17.9. The predicted molar refractivity (Wildman–Crippen MR) is 315 cm³/mol. The molecule has 0 radical (unpaired) electrons. The fourth-order valence-corrected chi connectivity index (χ4v) is 11.3. The van der Waals surface area contributed by atoms with Crippen LogP contribution in [0.1, 0.15) is 209 Å². The molecule has 72 heavy (non-hydrogen) atoms. The second-order valence-corrected chi connectivity index (χ2v) is 26.6. The number of likely N-dealkylation sites (N-methyl/N-ethyl adjacent to an activating group) is 6. The maximum Gasteiger partial charge on any atom is 0.128 e. The molecule has 1 fully saturated rings. The van der Waals surface area contributed by atoms with Crippen LogP contribution in [-0.2, 0) is 0 Å². The number of alkyl halides is 4. The van der Waals surface area contributed by atoms with E-state index >= 15 is 0 Å². The van der Waals surface area contributed by atoms with Crippen LogP contribution < -0.4 is 49.6 Å². The monoisotopic (exact) mass is 1190 g/mol. The number of rotatable bonds is 23. The van der Waals surface area contributed by atoms with Gasteiger partial charge in [0.15, 0.2) is 0 Å². The van der Waals surface area contributed by atoms with Crippen LogP contribution in [0.25, 0.3) is 0 Å². The molecule has 0 bridgehead atoms. The molecule has 8 unspecified atom stereocenters. The van der Waals surface area contributed by atoms with Crippen molar-refractivity contribution in [2.24, 2.45) is 0 Å². The highest BCUT2D eigenvalue weighted by molar-refractivity contribution is 6.21. The standard InChI is InChI=1S/C32H72N4.2C10H20Cl2.C6H16N2.4ClH/c1-13-19-31-23-17-21-29(15-3)33(5,6)25-26-34(7,8)30(16-4)22-18-24-32(20-14-2)36(11,12)28-27-35(31,9)10;2*1-3-6-10(12)8-5-7-9(11)4-2;1-7(2)5-6-8(3)4;;;;/h29-32H,13-28H2,1-12H3;2*9-10H,3-8H2,1-2H3;5-6H2,1-4H3;4*1H/q+4;;;;;;;/p-4. The zero-order chi connectivity index (χ0) is 53.0. The van der Waals surface area contributed by atoms with Crippen molar-refractivity contribution in [2.75, 3.05) is 124 Å². The van der Waals surface area contributed by atoms with Gasteiger partial charge >= 0.3 is 0 Å². The molecule has 1 aliphatic heterocycles. The molecule has 0 saturated carbocycles. The highest BCUT2D eigenvalue weighted by Gasteiger charge is 2.37. The van der Waals surface area contributed by atoms with E-state index in [4.69, 9.17) is 46.4 Å². The van der Waals surface area contributed by atoms with Crippen LogP contribution in [0, 0.1) is 0 Å². The summed E-state index contributed by atoms with van der Waals surface area (Å²) in [6, 6.07) is 3.17. The molecule has 1 aliphatic rings. The molecule has 8 atom stereocenters. The normalized spacial score (nSPS) is 22.8. The first-order chi connectivity index (χ1) is 31.7. The van der Waals surface area contributed by atoms with Gasteiger partial charge < -0.3 is 77.4 Å². The van der Waals surface area contributed by atoms with E-state index < -0.39 is 0 Å². The van der Waals surface area contributed by atoms with Crippen molar-refractivity contribution in [2.45, 2.75) is 255 Å². The Labute approximate surface area is 499 Å². The fourth-order valence-electron chi connectivity index (χ4n) is 10.2. The van der Waals surface area contributed by atoms with E-state index in [1.807, 2.05) is 0 Å². The Bertz CT molecular complexity index is 1030. The second kappa shape index (κ2) is 51.2. The first-order valence-electron chi connectivity index (χ1n) is 28.9. The molecule has 0 aliphatic carbocycles. The summed E-state index contributed by atoms with van der Waals surface area (Å²) in [5.74, 6) is 0. The highest BCUT2D eigenvalue weighted by Crippen LogP contribution is 2.28. The molecule has 14 heteroatoms. The molecule has 0 amide bonds. The number of quaternary nitrogens is 4. The van der Waals surface area contributed by atoms with Gasteiger partial charge in [0.05, 0.1) is 80.5 Å².